The van der Waals surface area contributed by atoms with Crippen molar-refractivity contribution in [2.45, 2.75) is 20.3 Å². The van der Waals surface area contributed by atoms with Crippen molar-refractivity contribution in [1.82, 2.24) is 4.98 Å². The van der Waals surface area contributed by atoms with Crippen molar-refractivity contribution in [3.8, 4) is 11.3 Å². The van der Waals surface area contributed by atoms with E-state index in [-0.39, 0.29) is 0 Å². The van der Waals surface area contributed by atoms with Crippen molar-refractivity contribution in [2.75, 3.05) is 6.54 Å². The van der Waals surface area contributed by atoms with E-state index < -0.39 is 0 Å². The second-order valence-corrected chi connectivity index (χ2v) is 5.54. The van der Waals surface area contributed by atoms with Gasteiger partial charge in [-0.1, -0.05) is 35.9 Å². The standard InChI is InChI=1S/C19H20N2/c1-13-7-8-14(2)17(11-13)19-12-15(9-10-20)16-5-3-4-6-18(16)21-19/h3-8,11-12H,9-10,20H2,1-2H3. The van der Waals surface area contributed by atoms with E-state index in [0.29, 0.717) is 6.54 Å². The highest BCUT2D eigenvalue weighted by Crippen LogP contribution is 2.27. The second-order valence-electron chi connectivity index (χ2n) is 5.54. The number of aryl methyl sites for hydroxylation is 2. The van der Waals surface area contributed by atoms with E-state index in [1.165, 1.54) is 27.6 Å². The molecule has 0 aliphatic carbocycles. The molecule has 2 nitrogen and oxygen atoms in total. The summed E-state index contributed by atoms with van der Waals surface area (Å²) in [6.45, 7) is 4.90. The monoisotopic (exact) mass is 276 g/mol. The number of nitrogens with two attached hydrogens (primary N) is 1. The van der Waals surface area contributed by atoms with E-state index in [0.717, 1.165) is 17.6 Å². The molecule has 2 heteroatoms. The fourth-order valence-corrected chi connectivity index (χ4v) is 2.76. The van der Waals surface area contributed by atoms with Crippen LogP contribution in [0.5, 0.6) is 0 Å². The van der Waals surface area contributed by atoms with Gasteiger partial charge in [-0.25, -0.2) is 4.98 Å². The van der Waals surface area contributed by atoms with Gasteiger partial charge < -0.3 is 5.73 Å². The zero-order chi connectivity index (χ0) is 14.8. The predicted octanol–water partition coefficient (Wildman–Crippen LogP) is 4.02. The lowest BCUT2D eigenvalue weighted by Gasteiger charge is -2.11. The molecule has 2 aromatic carbocycles. The minimum absolute atomic E-state index is 0.653. The molecule has 0 fully saturated rings. The molecule has 0 amide bonds. The fraction of sp³-hybridized carbons (Fsp3) is 0.211. The van der Waals surface area contributed by atoms with Crippen LogP contribution in [0, 0.1) is 13.8 Å². The Hall–Kier alpha value is -2.19. The van der Waals surface area contributed by atoms with Crippen LogP contribution in [0.1, 0.15) is 16.7 Å². The van der Waals surface area contributed by atoms with Crippen LogP contribution in [0.15, 0.2) is 48.5 Å². The van der Waals surface area contributed by atoms with Gasteiger partial charge in [0, 0.05) is 10.9 Å². The minimum atomic E-state index is 0.653. The van der Waals surface area contributed by atoms with Crippen molar-refractivity contribution in [1.29, 1.82) is 0 Å². The van der Waals surface area contributed by atoms with Crippen molar-refractivity contribution in [2.24, 2.45) is 5.73 Å². The molecule has 0 bridgehead atoms. The summed E-state index contributed by atoms with van der Waals surface area (Å²) in [6, 6.07) is 17.0. The number of aromatic nitrogens is 1. The molecule has 0 aliphatic heterocycles. The summed E-state index contributed by atoms with van der Waals surface area (Å²) in [7, 11) is 0. The molecule has 0 unspecified atom stereocenters. The van der Waals surface area contributed by atoms with Crippen molar-refractivity contribution in [3.05, 3.63) is 65.2 Å². The molecule has 0 atom stereocenters. The molecule has 0 spiro atoms. The van der Waals surface area contributed by atoms with Gasteiger partial charge in [-0.3, -0.25) is 0 Å². The lowest BCUT2D eigenvalue weighted by Crippen LogP contribution is -2.04. The summed E-state index contributed by atoms with van der Waals surface area (Å²) >= 11 is 0. The van der Waals surface area contributed by atoms with Crippen molar-refractivity contribution >= 4 is 10.9 Å². The Morgan fingerprint density at radius 2 is 1.81 bits per heavy atom. The zero-order valence-corrected chi connectivity index (χ0v) is 12.6. The number of fused-ring (bicyclic) bond motifs is 1. The van der Waals surface area contributed by atoms with Crippen LogP contribution in [0.25, 0.3) is 22.2 Å². The molecule has 3 aromatic rings. The Morgan fingerprint density at radius 1 is 1.00 bits per heavy atom. The average molecular weight is 276 g/mol. The maximum absolute atomic E-state index is 5.77. The first-order chi connectivity index (χ1) is 10.2. The molecule has 0 radical (unpaired) electrons. The summed E-state index contributed by atoms with van der Waals surface area (Å²) in [5.41, 5.74) is 12.8. The van der Waals surface area contributed by atoms with Crippen LogP contribution >= 0.6 is 0 Å². The summed E-state index contributed by atoms with van der Waals surface area (Å²) in [5.74, 6) is 0. The van der Waals surface area contributed by atoms with Crippen LogP contribution in [0.2, 0.25) is 0 Å². The van der Waals surface area contributed by atoms with Gasteiger partial charge in [-0.2, -0.15) is 0 Å². The molecular weight excluding hydrogens is 256 g/mol. The number of nitrogens with zero attached hydrogens (tertiary/aromatic N) is 1. The lowest BCUT2D eigenvalue weighted by atomic mass is 9.98. The van der Waals surface area contributed by atoms with Crippen LogP contribution in [0.4, 0.5) is 0 Å². The summed E-state index contributed by atoms with van der Waals surface area (Å²) in [4.78, 5) is 4.85. The van der Waals surface area contributed by atoms with Crippen molar-refractivity contribution in [3.63, 3.8) is 0 Å². The van der Waals surface area contributed by atoms with Gasteiger partial charge in [0.2, 0.25) is 0 Å². The number of para-hydroxylation sites is 1. The molecule has 106 valence electrons. The van der Waals surface area contributed by atoms with E-state index in [1.54, 1.807) is 0 Å². The van der Waals surface area contributed by atoms with Crippen LogP contribution < -0.4 is 5.73 Å². The number of hydrogen-bond acceptors (Lipinski definition) is 2. The summed E-state index contributed by atoms with van der Waals surface area (Å²) in [5, 5.41) is 1.21. The topological polar surface area (TPSA) is 38.9 Å². The Morgan fingerprint density at radius 3 is 2.62 bits per heavy atom. The fourth-order valence-electron chi connectivity index (χ4n) is 2.76. The third kappa shape index (κ3) is 2.67. The van der Waals surface area contributed by atoms with Gasteiger partial charge in [0.1, 0.15) is 0 Å². The normalized spacial score (nSPS) is 11.0. The summed E-state index contributed by atoms with van der Waals surface area (Å²) < 4.78 is 0. The van der Waals surface area contributed by atoms with Gasteiger partial charge in [0.05, 0.1) is 11.2 Å². The molecule has 1 heterocycles. The first-order valence-electron chi connectivity index (χ1n) is 7.35. The quantitative estimate of drug-likeness (QED) is 0.784. The highest BCUT2D eigenvalue weighted by molar-refractivity contribution is 5.85. The van der Waals surface area contributed by atoms with Crippen molar-refractivity contribution < 1.29 is 0 Å². The SMILES string of the molecule is Cc1ccc(C)c(-c2cc(CCN)c3ccccc3n2)c1. The van der Waals surface area contributed by atoms with Crippen LogP contribution in [-0.4, -0.2) is 11.5 Å². The van der Waals surface area contributed by atoms with Gasteiger partial charge in [-0.05, 0) is 56.1 Å². The molecule has 0 saturated heterocycles. The first kappa shape index (κ1) is 13.8. The van der Waals surface area contributed by atoms with Crippen LogP contribution in [0.3, 0.4) is 0 Å². The van der Waals surface area contributed by atoms with Gasteiger partial charge in [0.25, 0.3) is 0 Å². The van der Waals surface area contributed by atoms with E-state index in [2.05, 4.69) is 56.3 Å². The van der Waals surface area contributed by atoms with E-state index in [4.69, 9.17) is 10.7 Å². The molecular formula is C19H20N2. The molecule has 21 heavy (non-hydrogen) atoms. The zero-order valence-electron chi connectivity index (χ0n) is 12.6. The number of hydrogen-bond donors (Lipinski definition) is 1. The average Bonchev–Trinajstić information content (AvgIpc) is 2.50. The Labute approximate surface area is 125 Å². The maximum atomic E-state index is 5.77. The molecule has 2 N–H and O–H groups in total. The predicted molar refractivity (Wildman–Crippen MR) is 89.4 cm³/mol. The number of benzene rings is 2. The Balaban J connectivity index is 2.25. The van der Waals surface area contributed by atoms with Gasteiger partial charge in [0.15, 0.2) is 0 Å². The highest BCUT2D eigenvalue weighted by atomic mass is 14.7. The second kappa shape index (κ2) is 5.66. The number of rotatable bonds is 3. The van der Waals surface area contributed by atoms with Gasteiger partial charge >= 0.3 is 0 Å². The molecule has 1 aromatic heterocycles. The third-order valence-electron chi connectivity index (χ3n) is 3.88. The third-order valence-corrected chi connectivity index (χ3v) is 3.88. The van der Waals surface area contributed by atoms with E-state index in [9.17, 15) is 0 Å². The first-order valence-corrected chi connectivity index (χ1v) is 7.35. The van der Waals surface area contributed by atoms with Gasteiger partial charge in [-0.15, -0.1) is 0 Å². The largest absolute Gasteiger partial charge is 0.330 e. The Kier molecular flexibility index (Phi) is 3.72. The van der Waals surface area contributed by atoms with Crippen LogP contribution in [-0.2, 0) is 6.42 Å². The molecule has 0 saturated carbocycles. The lowest BCUT2D eigenvalue weighted by molar-refractivity contribution is 0.975. The minimum Gasteiger partial charge on any atom is -0.330 e. The Bertz CT molecular complexity index is 791. The number of pyridine rings is 1. The van der Waals surface area contributed by atoms with E-state index in [1.807, 2.05) is 6.07 Å². The maximum Gasteiger partial charge on any atom is 0.0715 e. The molecule has 0 aliphatic rings. The summed E-state index contributed by atoms with van der Waals surface area (Å²) in [6.07, 6.45) is 0.876. The van der Waals surface area contributed by atoms with E-state index >= 15 is 0 Å². The smallest absolute Gasteiger partial charge is 0.0715 e. The highest BCUT2D eigenvalue weighted by Gasteiger charge is 2.09. The molecule has 3 rings (SSSR count).